The van der Waals surface area contributed by atoms with Gasteiger partial charge in [0.15, 0.2) is 0 Å². The highest BCUT2D eigenvalue weighted by molar-refractivity contribution is 6.31. The summed E-state index contributed by atoms with van der Waals surface area (Å²) in [5, 5.41) is 9.13. The first-order valence-corrected chi connectivity index (χ1v) is 5.47. The minimum Gasteiger partial charge on any atom is -0.478 e. The fraction of sp³-hybridized carbons (Fsp3) is 0.364. The molecule has 0 aromatic heterocycles. The van der Waals surface area contributed by atoms with Gasteiger partial charge in [0.2, 0.25) is 0 Å². The van der Waals surface area contributed by atoms with Crippen molar-refractivity contribution in [3.8, 4) is 0 Å². The third kappa shape index (κ3) is 3.80. The maximum absolute atomic E-state index is 12.4. The Bertz CT molecular complexity index is 448. The highest BCUT2D eigenvalue weighted by Gasteiger charge is 2.31. The van der Waals surface area contributed by atoms with Gasteiger partial charge >= 0.3 is 12.1 Å². The number of anilines is 1. The molecule has 18 heavy (non-hydrogen) atoms. The molecular formula is C11H11ClF3NO2. The summed E-state index contributed by atoms with van der Waals surface area (Å²) in [6.07, 6.45) is -4.40. The van der Waals surface area contributed by atoms with Gasteiger partial charge in [-0.25, -0.2) is 4.79 Å². The van der Waals surface area contributed by atoms with Crippen molar-refractivity contribution in [2.24, 2.45) is 0 Å². The van der Waals surface area contributed by atoms with Crippen molar-refractivity contribution in [2.45, 2.75) is 13.1 Å². The maximum atomic E-state index is 12.4. The molecule has 0 aliphatic rings. The summed E-state index contributed by atoms with van der Waals surface area (Å²) >= 11 is 5.64. The third-order valence-corrected chi connectivity index (χ3v) is 2.52. The van der Waals surface area contributed by atoms with E-state index in [9.17, 15) is 18.0 Å². The van der Waals surface area contributed by atoms with E-state index in [-0.39, 0.29) is 22.8 Å². The molecule has 0 aliphatic carbocycles. The highest BCUT2D eigenvalue weighted by Crippen LogP contribution is 2.27. The van der Waals surface area contributed by atoms with Crippen LogP contribution in [0, 0.1) is 0 Å². The predicted octanol–water partition coefficient (Wildman–Crippen LogP) is 3.43. The molecule has 100 valence electrons. The van der Waals surface area contributed by atoms with Crippen LogP contribution in [0.3, 0.4) is 0 Å². The Morgan fingerprint density at radius 1 is 1.44 bits per heavy atom. The van der Waals surface area contributed by atoms with Gasteiger partial charge in [-0.05, 0) is 25.1 Å². The summed E-state index contributed by atoms with van der Waals surface area (Å²) in [4.78, 5) is 11.9. The maximum Gasteiger partial charge on any atom is 0.405 e. The molecule has 0 heterocycles. The van der Waals surface area contributed by atoms with Gasteiger partial charge in [0.05, 0.1) is 11.3 Å². The lowest BCUT2D eigenvalue weighted by Gasteiger charge is -2.25. The van der Waals surface area contributed by atoms with Crippen molar-refractivity contribution < 1.29 is 23.1 Å². The van der Waals surface area contributed by atoms with E-state index < -0.39 is 18.7 Å². The minimum atomic E-state index is -4.40. The second-order valence-electron chi connectivity index (χ2n) is 3.60. The van der Waals surface area contributed by atoms with Gasteiger partial charge in [0, 0.05) is 11.6 Å². The Hall–Kier alpha value is -1.43. The van der Waals surface area contributed by atoms with E-state index in [0.29, 0.717) is 0 Å². The van der Waals surface area contributed by atoms with Gasteiger partial charge in [-0.3, -0.25) is 0 Å². The average molecular weight is 282 g/mol. The number of aromatic carboxylic acids is 1. The molecule has 0 unspecified atom stereocenters. The molecule has 0 fully saturated rings. The SMILES string of the molecule is CCN(CC(F)(F)F)c1ccc(Cl)cc1C(=O)O. The molecular weight excluding hydrogens is 271 g/mol. The lowest BCUT2D eigenvalue weighted by molar-refractivity contribution is -0.119. The molecule has 1 rings (SSSR count). The molecule has 0 saturated carbocycles. The predicted molar refractivity (Wildman–Crippen MR) is 62.4 cm³/mol. The molecule has 0 aliphatic heterocycles. The standard InChI is InChI=1S/C11H11ClF3NO2/c1-2-16(6-11(13,14)15)9-4-3-7(12)5-8(9)10(17)18/h3-5H,2,6H2,1H3,(H,17,18). The van der Waals surface area contributed by atoms with Crippen LogP contribution in [0.1, 0.15) is 17.3 Å². The summed E-state index contributed by atoms with van der Waals surface area (Å²) in [7, 11) is 0. The minimum absolute atomic E-state index is 0.00623. The van der Waals surface area contributed by atoms with Crippen molar-refractivity contribution in [2.75, 3.05) is 18.0 Å². The van der Waals surface area contributed by atoms with E-state index in [1.807, 2.05) is 0 Å². The van der Waals surface area contributed by atoms with Crippen LogP contribution < -0.4 is 4.90 Å². The molecule has 3 nitrogen and oxygen atoms in total. The zero-order valence-corrected chi connectivity index (χ0v) is 10.2. The van der Waals surface area contributed by atoms with Crippen molar-refractivity contribution in [3.05, 3.63) is 28.8 Å². The monoisotopic (exact) mass is 281 g/mol. The summed E-state index contributed by atoms with van der Waals surface area (Å²) in [5.74, 6) is -1.31. The number of halogens is 4. The first kappa shape index (κ1) is 14.6. The largest absolute Gasteiger partial charge is 0.478 e. The van der Waals surface area contributed by atoms with Gasteiger partial charge < -0.3 is 10.0 Å². The molecule has 1 N–H and O–H groups in total. The third-order valence-electron chi connectivity index (χ3n) is 2.28. The Labute approximate surface area is 107 Å². The lowest BCUT2D eigenvalue weighted by Crippen LogP contribution is -2.35. The van der Waals surface area contributed by atoms with E-state index in [0.717, 1.165) is 11.0 Å². The van der Waals surface area contributed by atoms with Crippen molar-refractivity contribution >= 4 is 23.3 Å². The van der Waals surface area contributed by atoms with Crippen LogP contribution in [-0.2, 0) is 0 Å². The Morgan fingerprint density at radius 2 is 2.06 bits per heavy atom. The zero-order valence-electron chi connectivity index (χ0n) is 9.46. The van der Waals surface area contributed by atoms with E-state index in [1.165, 1.54) is 19.1 Å². The number of alkyl halides is 3. The van der Waals surface area contributed by atoms with Crippen LogP contribution in [0.15, 0.2) is 18.2 Å². The van der Waals surface area contributed by atoms with E-state index in [2.05, 4.69) is 0 Å². The number of carbonyl (C=O) groups is 1. The number of hydrogen-bond acceptors (Lipinski definition) is 2. The Balaban J connectivity index is 3.17. The number of rotatable bonds is 4. The smallest absolute Gasteiger partial charge is 0.405 e. The molecule has 1 aromatic rings. The summed E-state index contributed by atoms with van der Waals surface area (Å²) in [6.45, 7) is 0.360. The normalized spacial score (nSPS) is 11.4. The molecule has 0 atom stereocenters. The van der Waals surface area contributed by atoms with Gasteiger partial charge in [-0.2, -0.15) is 13.2 Å². The van der Waals surface area contributed by atoms with Crippen LogP contribution in [0.5, 0.6) is 0 Å². The topological polar surface area (TPSA) is 40.5 Å². The van der Waals surface area contributed by atoms with Crippen LogP contribution >= 0.6 is 11.6 Å². The van der Waals surface area contributed by atoms with Gasteiger partial charge in [-0.15, -0.1) is 0 Å². The summed E-state index contributed by atoms with van der Waals surface area (Å²) in [5.41, 5.74) is -0.236. The second-order valence-corrected chi connectivity index (χ2v) is 4.03. The molecule has 0 radical (unpaired) electrons. The molecule has 0 saturated heterocycles. The second kappa shape index (κ2) is 5.48. The number of carboxylic acid groups (broad SMARTS) is 1. The lowest BCUT2D eigenvalue weighted by atomic mass is 10.1. The highest BCUT2D eigenvalue weighted by atomic mass is 35.5. The zero-order chi connectivity index (χ0) is 13.9. The van der Waals surface area contributed by atoms with Crippen molar-refractivity contribution in [1.82, 2.24) is 0 Å². The molecule has 7 heteroatoms. The molecule has 1 aromatic carbocycles. The van der Waals surface area contributed by atoms with Crippen LogP contribution in [-0.4, -0.2) is 30.3 Å². The number of carboxylic acids is 1. The van der Waals surface area contributed by atoms with Crippen LogP contribution in [0.25, 0.3) is 0 Å². The van der Waals surface area contributed by atoms with Crippen molar-refractivity contribution in [1.29, 1.82) is 0 Å². The number of nitrogens with zero attached hydrogens (tertiary/aromatic N) is 1. The first-order valence-electron chi connectivity index (χ1n) is 5.09. The van der Waals surface area contributed by atoms with E-state index >= 15 is 0 Å². The Kier molecular flexibility index (Phi) is 4.45. The fourth-order valence-electron chi connectivity index (χ4n) is 1.54. The number of benzene rings is 1. The van der Waals surface area contributed by atoms with Crippen LogP contribution in [0.4, 0.5) is 18.9 Å². The quantitative estimate of drug-likeness (QED) is 0.919. The summed E-state index contributed by atoms with van der Waals surface area (Å²) in [6, 6.07) is 3.78. The van der Waals surface area contributed by atoms with E-state index in [4.69, 9.17) is 16.7 Å². The molecule has 0 bridgehead atoms. The van der Waals surface area contributed by atoms with Crippen LogP contribution in [0.2, 0.25) is 5.02 Å². The average Bonchev–Trinajstić information content (AvgIpc) is 2.24. The van der Waals surface area contributed by atoms with Gasteiger partial charge in [0.1, 0.15) is 6.54 Å². The number of hydrogen-bond donors (Lipinski definition) is 1. The molecule has 0 spiro atoms. The molecule has 0 amide bonds. The van der Waals surface area contributed by atoms with Gasteiger partial charge in [0.25, 0.3) is 0 Å². The summed E-state index contributed by atoms with van der Waals surface area (Å²) < 4.78 is 37.1. The van der Waals surface area contributed by atoms with Gasteiger partial charge in [-0.1, -0.05) is 11.6 Å². The first-order chi connectivity index (χ1) is 8.24. The fourth-order valence-corrected chi connectivity index (χ4v) is 1.71. The van der Waals surface area contributed by atoms with E-state index in [1.54, 1.807) is 0 Å². The Morgan fingerprint density at radius 3 is 2.50 bits per heavy atom. The van der Waals surface area contributed by atoms with Crippen molar-refractivity contribution in [3.63, 3.8) is 0 Å².